The highest BCUT2D eigenvalue weighted by Crippen LogP contribution is 2.27. The summed E-state index contributed by atoms with van der Waals surface area (Å²) in [6, 6.07) is 10.4. The summed E-state index contributed by atoms with van der Waals surface area (Å²) in [6.45, 7) is 7.17. The first kappa shape index (κ1) is 17.5. The summed E-state index contributed by atoms with van der Waals surface area (Å²) in [6.07, 6.45) is -0.786. The molecule has 0 heterocycles. The first-order valence-electron chi connectivity index (χ1n) is 7.58. The summed E-state index contributed by atoms with van der Waals surface area (Å²) in [4.78, 5) is 23.0. The number of carbonyl (C=O) groups excluding carboxylic acids is 1. The highest BCUT2D eigenvalue weighted by Gasteiger charge is 2.21. The topological polar surface area (TPSA) is 81.5 Å². The Balaban J connectivity index is 2.17. The molecule has 1 N–H and O–H groups in total. The molecule has 2 aromatic rings. The smallest absolute Gasteiger partial charge is 0.293 e. The Hall–Kier alpha value is -2.89. The number of nitrogens with zero attached hydrogens (tertiary/aromatic N) is 1. The Morgan fingerprint density at radius 3 is 2.38 bits per heavy atom. The number of hydrogen-bond donors (Lipinski definition) is 1. The van der Waals surface area contributed by atoms with Gasteiger partial charge >= 0.3 is 0 Å². The standard InChI is InChI=1S/C18H20N2O4/c1-11-8-9-15(16(10-11)20(22)23)19-18(21)14(4)24-17-12(2)6-5-7-13(17)3/h5-10,14H,1-4H3,(H,19,21). The van der Waals surface area contributed by atoms with Crippen molar-refractivity contribution in [2.75, 3.05) is 5.32 Å². The zero-order valence-electron chi connectivity index (χ0n) is 14.1. The predicted octanol–water partition coefficient (Wildman–Crippen LogP) is 3.93. The molecule has 6 heteroatoms. The van der Waals surface area contributed by atoms with Crippen molar-refractivity contribution in [3.05, 3.63) is 63.2 Å². The highest BCUT2D eigenvalue weighted by molar-refractivity contribution is 5.96. The lowest BCUT2D eigenvalue weighted by molar-refractivity contribution is -0.384. The molecule has 2 rings (SSSR count). The molecule has 0 aromatic heterocycles. The fourth-order valence-electron chi connectivity index (χ4n) is 2.35. The second-order valence-electron chi connectivity index (χ2n) is 5.75. The lowest BCUT2D eigenvalue weighted by Crippen LogP contribution is -2.30. The van der Waals surface area contributed by atoms with E-state index in [0.717, 1.165) is 16.7 Å². The van der Waals surface area contributed by atoms with E-state index in [2.05, 4.69) is 5.32 Å². The number of carbonyl (C=O) groups is 1. The van der Waals surface area contributed by atoms with Crippen molar-refractivity contribution >= 4 is 17.3 Å². The fraction of sp³-hybridized carbons (Fsp3) is 0.278. The molecular formula is C18H20N2O4. The number of aryl methyl sites for hydroxylation is 3. The van der Waals surface area contributed by atoms with Gasteiger partial charge in [0.15, 0.2) is 6.10 Å². The van der Waals surface area contributed by atoms with Gasteiger partial charge in [-0.05, 0) is 50.5 Å². The van der Waals surface area contributed by atoms with E-state index in [-0.39, 0.29) is 11.4 Å². The Morgan fingerprint density at radius 1 is 1.17 bits per heavy atom. The third-order valence-electron chi connectivity index (χ3n) is 3.68. The number of nitro groups is 1. The minimum absolute atomic E-state index is 0.136. The van der Waals surface area contributed by atoms with Crippen molar-refractivity contribution < 1.29 is 14.5 Å². The van der Waals surface area contributed by atoms with E-state index in [1.807, 2.05) is 32.0 Å². The van der Waals surface area contributed by atoms with Crippen LogP contribution in [-0.2, 0) is 4.79 Å². The lowest BCUT2D eigenvalue weighted by atomic mass is 10.1. The summed E-state index contributed by atoms with van der Waals surface area (Å²) in [5.41, 5.74) is 2.63. The number of benzene rings is 2. The Labute approximate surface area is 140 Å². The molecule has 0 spiro atoms. The molecule has 0 radical (unpaired) electrons. The molecule has 1 amide bonds. The van der Waals surface area contributed by atoms with Gasteiger partial charge in [0.25, 0.3) is 11.6 Å². The monoisotopic (exact) mass is 328 g/mol. The lowest BCUT2D eigenvalue weighted by Gasteiger charge is -2.18. The number of nitrogens with one attached hydrogen (secondary N) is 1. The van der Waals surface area contributed by atoms with Gasteiger partial charge in [-0.25, -0.2) is 0 Å². The number of hydrogen-bond acceptors (Lipinski definition) is 4. The van der Waals surface area contributed by atoms with E-state index >= 15 is 0 Å². The molecule has 2 aromatic carbocycles. The second-order valence-corrected chi connectivity index (χ2v) is 5.75. The molecule has 0 aliphatic heterocycles. The normalized spacial score (nSPS) is 11.7. The van der Waals surface area contributed by atoms with E-state index in [9.17, 15) is 14.9 Å². The molecule has 1 atom stereocenters. The Bertz CT molecular complexity index is 766. The Morgan fingerprint density at radius 2 is 1.79 bits per heavy atom. The molecule has 1 unspecified atom stereocenters. The maximum absolute atomic E-state index is 12.3. The second kappa shape index (κ2) is 7.12. The number of anilines is 1. The van der Waals surface area contributed by atoms with Gasteiger partial charge in [-0.1, -0.05) is 24.3 Å². The van der Waals surface area contributed by atoms with Crippen LogP contribution in [-0.4, -0.2) is 16.9 Å². The number of para-hydroxylation sites is 1. The van der Waals surface area contributed by atoms with Crippen molar-refractivity contribution in [2.24, 2.45) is 0 Å². The molecule has 0 aliphatic carbocycles. The van der Waals surface area contributed by atoms with E-state index in [1.165, 1.54) is 12.1 Å². The van der Waals surface area contributed by atoms with Crippen LogP contribution < -0.4 is 10.1 Å². The van der Waals surface area contributed by atoms with Gasteiger partial charge in [0, 0.05) is 6.07 Å². The van der Waals surface area contributed by atoms with E-state index in [0.29, 0.717) is 5.75 Å². The SMILES string of the molecule is Cc1ccc(NC(=O)C(C)Oc2c(C)cccc2C)c([N+](=O)[O-])c1. The molecule has 6 nitrogen and oxygen atoms in total. The van der Waals surface area contributed by atoms with Crippen LogP contribution in [0.2, 0.25) is 0 Å². The van der Waals surface area contributed by atoms with Gasteiger partial charge in [-0.15, -0.1) is 0 Å². The van der Waals surface area contributed by atoms with E-state index in [4.69, 9.17) is 4.74 Å². The quantitative estimate of drug-likeness (QED) is 0.666. The molecule has 0 saturated carbocycles. The van der Waals surface area contributed by atoms with Crippen LogP contribution in [0.3, 0.4) is 0 Å². The van der Waals surface area contributed by atoms with Gasteiger partial charge in [0.2, 0.25) is 0 Å². The van der Waals surface area contributed by atoms with Crippen LogP contribution in [0, 0.1) is 30.9 Å². The summed E-state index contributed by atoms with van der Waals surface area (Å²) in [5.74, 6) is 0.211. The van der Waals surface area contributed by atoms with Crippen LogP contribution in [0.15, 0.2) is 36.4 Å². The molecule has 126 valence electrons. The maximum atomic E-state index is 12.3. The van der Waals surface area contributed by atoms with Crippen LogP contribution in [0.1, 0.15) is 23.6 Å². The summed E-state index contributed by atoms with van der Waals surface area (Å²) >= 11 is 0. The van der Waals surface area contributed by atoms with Crippen molar-refractivity contribution in [1.29, 1.82) is 0 Å². The van der Waals surface area contributed by atoms with Gasteiger partial charge in [0.05, 0.1) is 4.92 Å². The maximum Gasteiger partial charge on any atom is 0.293 e. The molecule has 0 fully saturated rings. The number of ether oxygens (including phenoxy) is 1. The van der Waals surface area contributed by atoms with Crippen molar-refractivity contribution in [2.45, 2.75) is 33.8 Å². The third-order valence-corrected chi connectivity index (χ3v) is 3.68. The van der Waals surface area contributed by atoms with Crippen LogP contribution in [0.4, 0.5) is 11.4 Å². The van der Waals surface area contributed by atoms with Crippen LogP contribution >= 0.6 is 0 Å². The first-order valence-corrected chi connectivity index (χ1v) is 7.58. The predicted molar refractivity (Wildman–Crippen MR) is 92.5 cm³/mol. The molecular weight excluding hydrogens is 308 g/mol. The van der Waals surface area contributed by atoms with E-state index < -0.39 is 16.9 Å². The van der Waals surface area contributed by atoms with Crippen LogP contribution in [0.25, 0.3) is 0 Å². The first-order chi connectivity index (χ1) is 11.3. The highest BCUT2D eigenvalue weighted by atomic mass is 16.6. The largest absolute Gasteiger partial charge is 0.480 e. The zero-order valence-corrected chi connectivity index (χ0v) is 14.1. The number of nitro benzene ring substituents is 1. The number of rotatable bonds is 5. The van der Waals surface area contributed by atoms with Gasteiger partial charge < -0.3 is 10.1 Å². The molecule has 0 saturated heterocycles. The van der Waals surface area contributed by atoms with Gasteiger partial charge in [-0.2, -0.15) is 0 Å². The zero-order chi connectivity index (χ0) is 17.9. The van der Waals surface area contributed by atoms with Gasteiger partial charge in [0.1, 0.15) is 11.4 Å². The average Bonchev–Trinajstić information content (AvgIpc) is 2.52. The van der Waals surface area contributed by atoms with Crippen molar-refractivity contribution in [1.82, 2.24) is 0 Å². The van der Waals surface area contributed by atoms with Crippen molar-refractivity contribution in [3.8, 4) is 5.75 Å². The fourth-order valence-corrected chi connectivity index (χ4v) is 2.35. The Kier molecular flexibility index (Phi) is 5.18. The van der Waals surface area contributed by atoms with Crippen molar-refractivity contribution in [3.63, 3.8) is 0 Å². The van der Waals surface area contributed by atoms with Crippen LogP contribution in [0.5, 0.6) is 5.75 Å². The minimum atomic E-state index is -0.786. The minimum Gasteiger partial charge on any atom is -0.480 e. The van der Waals surface area contributed by atoms with Gasteiger partial charge in [-0.3, -0.25) is 14.9 Å². The average molecular weight is 328 g/mol. The summed E-state index contributed by atoms with van der Waals surface area (Å²) in [5, 5.41) is 13.7. The summed E-state index contributed by atoms with van der Waals surface area (Å²) < 4.78 is 5.75. The molecule has 0 aliphatic rings. The molecule has 0 bridgehead atoms. The van der Waals surface area contributed by atoms with E-state index in [1.54, 1.807) is 19.9 Å². The molecule has 24 heavy (non-hydrogen) atoms. The summed E-state index contributed by atoms with van der Waals surface area (Å²) in [7, 11) is 0. The third kappa shape index (κ3) is 3.90. The number of amides is 1.